The normalized spacial score (nSPS) is 11.1. The van der Waals surface area contributed by atoms with Crippen molar-refractivity contribution in [3.8, 4) is 0 Å². The minimum absolute atomic E-state index is 0.209. The molecule has 2 heterocycles. The van der Waals surface area contributed by atoms with Crippen LogP contribution in [0.4, 0.5) is 0 Å². The van der Waals surface area contributed by atoms with Gasteiger partial charge in [-0.05, 0) is 25.7 Å². The first-order valence-corrected chi connectivity index (χ1v) is 9.01. The van der Waals surface area contributed by atoms with Crippen molar-refractivity contribution in [2.24, 2.45) is 5.92 Å². The van der Waals surface area contributed by atoms with E-state index in [-0.39, 0.29) is 11.7 Å². The zero-order chi connectivity index (χ0) is 15.9. The zero-order valence-electron chi connectivity index (χ0n) is 13.0. The predicted molar refractivity (Wildman–Crippen MR) is 87.4 cm³/mol. The fourth-order valence-corrected chi connectivity index (χ4v) is 3.62. The Kier molecular flexibility index (Phi) is 6.38. The van der Waals surface area contributed by atoms with Crippen molar-refractivity contribution in [3.05, 3.63) is 22.5 Å². The Balaban J connectivity index is 1.66. The van der Waals surface area contributed by atoms with Crippen LogP contribution < -0.4 is 5.32 Å². The van der Waals surface area contributed by atoms with E-state index in [1.807, 2.05) is 6.92 Å². The van der Waals surface area contributed by atoms with Crippen molar-refractivity contribution in [2.75, 3.05) is 12.3 Å². The van der Waals surface area contributed by atoms with E-state index in [0.29, 0.717) is 12.5 Å². The molecule has 1 N–H and O–H groups in total. The third-order valence-corrected chi connectivity index (χ3v) is 4.80. The van der Waals surface area contributed by atoms with Gasteiger partial charge in [-0.2, -0.15) is 0 Å². The lowest BCUT2D eigenvalue weighted by Crippen LogP contribution is -2.24. The minimum Gasteiger partial charge on any atom is -0.351 e. The second-order valence-electron chi connectivity index (χ2n) is 5.33. The summed E-state index contributed by atoms with van der Waals surface area (Å²) in [5, 5.41) is 15.7. The van der Waals surface area contributed by atoms with Gasteiger partial charge in [-0.15, -0.1) is 10.2 Å². The second kappa shape index (κ2) is 8.28. The Morgan fingerprint density at radius 3 is 2.95 bits per heavy atom. The van der Waals surface area contributed by atoms with Crippen LogP contribution in [0.1, 0.15) is 41.5 Å². The van der Waals surface area contributed by atoms with Crippen molar-refractivity contribution < 1.29 is 9.32 Å². The van der Waals surface area contributed by atoms with Crippen LogP contribution in [0, 0.1) is 12.8 Å². The highest BCUT2D eigenvalue weighted by molar-refractivity contribution is 8.01. The van der Waals surface area contributed by atoms with E-state index < -0.39 is 0 Å². The van der Waals surface area contributed by atoms with Crippen LogP contribution >= 0.6 is 23.1 Å². The molecule has 6 nitrogen and oxygen atoms in total. The van der Waals surface area contributed by atoms with Gasteiger partial charge in [0.15, 0.2) is 4.34 Å². The molecule has 22 heavy (non-hydrogen) atoms. The molecule has 0 aromatic carbocycles. The lowest BCUT2D eigenvalue weighted by Gasteiger charge is -2.01. The van der Waals surface area contributed by atoms with Gasteiger partial charge in [-0.3, -0.25) is 4.79 Å². The van der Waals surface area contributed by atoms with Crippen LogP contribution in [0.2, 0.25) is 0 Å². The zero-order valence-corrected chi connectivity index (χ0v) is 14.6. The van der Waals surface area contributed by atoms with Gasteiger partial charge in [0.25, 0.3) is 5.91 Å². The molecule has 0 fully saturated rings. The molecule has 8 heteroatoms. The first kappa shape index (κ1) is 17.0. The average molecular weight is 340 g/mol. The molecule has 0 saturated carbocycles. The summed E-state index contributed by atoms with van der Waals surface area (Å²) in [5.74, 6) is 1.45. The standard InChI is InChI=1S/C14H20N4O2S2/c1-9(2)7-11-8-12(20-18-11)13(19)15-5-4-6-21-14-17-16-10(3)22-14/h8-9H,4-7H2,1-3H3,(H,15,19). The van der Waals surface area contributed by atoms with Crippen molar-refractivity contribution in [2.45, 2.75) is 38.0 Å². The maximum Gasteiger partial charge on any atom is 0.289 e. The predicted octanol–water partition coefficient (Wildman–Crippen LogP) is 2.95. The van der Waals surface area contributed by atoms with Crippen molar-refractivity contribution in [3.63, 3.8) is 0 Å². The molecule has 0 unspecified atom stereocenters. The molecule has 0 radical (unpaired) electrons. The van der Waals surface area contributed by atoms with Crippen LogP contribution in [0.25, 0.3) is 0 Å². The molecule has 0 aliphatic carbocycles. The number of rotatable bonds is 8. The largest absolute Gasteiger partial charge is 0.351 e. The maximum absolute atomic E-state index is 11.9. The van der Waals surface area contributed by atoms with E-state index in [4.69, 9.17) is 4.52 Å². The van der Waals surface area contributed by atoms with Crippen LogP contribution in [0.15, 0.2) is 14.9 Å². The minimum atomic E-state index is -0.209. The number of carbonyl (C=O) groups excluding carboxylic acids is 1. The molecule has 0 spiro atoms. The van der Waals surface area contributed by atoms with Gasteiger partial charge >= 0.3 is 0 Å². The smallest absolute Gasteiger partial charge is 0.289 e. The number of nitrogens with zero attached hydrogens (tertiary/aromatic N) is 3. The summed E-state index contributed by atoms with van der Waals surface area (Å²) in [5.41, 5.74) is 0.822. The number of nitrogens with one attached hydrogen (secondary N) is 1. The molecule has 0 bridgehead atoms. The first-order chi connectivity index (χ1) is 10.5. The number of aryl methyl sites for hydroxylation is 1. The summed E-state index contributed by atoms with van der Waals surface area (Å²) in [6, 6.07) is 1.72. The SMILES string of the molecule is Cc1nnc(SCCCNC(=O)c2cc(CC(C)C)no2)s1. The molecule has 0 saturated heterocycles. The summed E-state index contributed by atoms with van der Waals surface area (Å²) in [6.45, 7) is 6.74. The van der Waals surface area contributed by atoms with Crippen molar-refractivity contribution in [1.82, 2.24) is 20.7 Å². The Morgan fingerprint density at radius 2 is 2.27 bits per heavy atom. The lowest BCUT2D eigenvalue weighted by atomic mass is 10.1. The lowest BCUT2D eigenvalue weighted by molar-refractivity contribution is 0.0917. The van der Waals surface area contributed by atoms with Gasteiger partial charge in [-0.25, -0.2) is 0 Å². The van der Waals surface area contributed by atoms with Crippen molar-refractivity contribution >= 4 is 29.0 Å². The maximum atomic E-state index is 11.9. The van der Waals surface area contributed by atoms with Crippen LogP contribution in [0.3, 0.4) is 0 Å². The quantitative estimate of drug-likeness (QED) is 0.588. The van der Waals surface area contributed by atoms with E-state index in [1.165, 1.54) is 0 Å². The molecule has 2 aromatic rings. The molecule has 0 atom stereocenters. The van der Waals surface area contributed by atoms with Gasteiger partial charge in [0, 0.05) is 18.4 Å². The summed E-state index contributed by atoms with van der Waals surface area (Å²) < 4.78 is 6.04. The van der Waals surface area contributed by atoms with Crippen LogP contribution in [-0.2, 0) is 6.42 Å². The molecular formula is C14H20N4O2S2. The van der Waals surface area contributed by atoms with Crippen LogP contribution in [-0.4, -0.2) is 33.6 Å². The first-order valence-electron chi connectivity index (χ1n) is 7.21. The molecule has 1 amide bonds. The third kappa shape index (κ3) is 5.42. The monoisotopic (exact) mass is 340 g/mol. The summed E-state index contributed by atoms with van der Waals surface area (Å²) in [4.78, 5) is 11.9. The molecule has 120 valence electrons. The van der Waals surface area contributed by atoms with Crippen LogP contribution in [0.5, 0.6) is 0 Å². The molecular weight excluding hydrogens is 320 g/mol. The fourth-order valence-electron chi connectivity index (χ4n) is 1.79. The average Bonchev–Trinajstić information content (AvgIpc) is 3.07. The Bertz CT molecular complexity index is 610. The third-order valence-electron chi connectivity index (χ3n) is 2.74. The topological polar surface area (TPSA) is 80.9 Å². The molecule has 0 aliphatic rings. The van der Waals surface area contributed by atoms with Gasteiger partial charge in [0.1, 0.15) is 5.01 Å². The van der Waals surface area contributed by atoms with E-state index in [1.54, 1.807) is 29.2 Å². The Morgan fingerprint density at radius 1 is 1.45 bits per heavy atom. The van der Waals surface area contributed by atoms with E-state index in [9.17, 15) is 4.79 Å². The number of hydrogen-bond acceptors (Lipinski definition) is 7. The molecule has 2 rings (SSSR count). The van der Waals surface area contributed by atoms with Gasteiger partial charge < -0.3 is 9.84 Å². The van der Waals surface area contributed by atoms with E-state index in [2.05, 4.69) is 34.5 Å². The number of aromatic nitrogens is 3. The Hall–Kier alpha value is -1.41. The highest BCUT2D eigenvalue weighted by Crippen LogP contribution is 2.22. The fraction of sp³-hybridized carbons (Fsp3) is 0.571. The number of amides is 1. The number of carbonyl (C=O) groups is 1. The summed E-state index contributed by atoms with van der Waals surface area (Å²) in [7, 11) is 0. The second-order valence-corrected chi connectivity index (χ2v) is 7.85. The molecule has 2 aromatic heterocycles. The van der Waals surface area contributed by atoms with Crippen molar-refractivity contribution in [1.29, 1.82) is 0 Å². The molecule has 0 aliphatic heterocycles. The highest BCUT2D eigenvalue weighted by Gasteiger charge is 2.13. The number of hydrogen-bond donors (Lipinski definition) is 1. The summed E-state index contributed by atoms with van der Waals surface area (Å²) >= 11 is 3.24. The van der Waals surface area contributed by atoms with Gasteiger partial charge in [0.2, 0.25) is 5.76 Å². The van der Waals surface area contributed by atoms with E-state index in [0.717, 1.165) is 33.6 Å². The van der Waals surface area contributed by atoms with Gasteiger partial charge in [0.05, 0.1) is 5.69 Å². The summed E-state index contributed by atoms with van der Waals surface area (Å²) in [6.07, 6.45) is 1.68. The Labute approximate surface area is 138 Å². The van der Waals surface area contributed by atoms with Gasteiger partial charge in [-0.1, -0.05) is 42.1 Å². The van der Waals surface area contributed by atoms with E-state index >= 15 is 0 Å². The number of thioether (sulfide) groups is 1. The highest BCUT2D eigenvalue weighted by atomic mass is 32.2.